The monoisotopic (exact) mass is 297 g/mol. The number of fused-ring (bicyclic) bond motifs is 2. The number of ketones is 1. The fourth-order valence-corrected chi connectivity index (χ4v) is 3.07. The predicted molar refractivity (Wildman–Crippen MR) is 77.1 cm³/mol. The zero-order valence-electron chi connectivity index (χ0n) is 11.7. The van der Waals surface area contributed by atoms with Gasteiger partial charge in [-0.2, -0.15) is 0 Å². The number of aryl methyl sites for hydroxylation is 1. The van der Waals surface area contributed by atoms with E-state index in [-0.39, 0.29) is 11.7 Å². The van der Waals surface area contributed by atoms with E-state index in [1.807, 2.05) is 6.07 Å². The number of hydrogen-bond acceptors (Lipinski definition) is 3. The zero-order chi connectivity index (χ0) is 15.5. The van der Waals surface area contributed by atoms with Crippen LogP contribution in [0.3, 0.4) is 0 Å². The van der Waals surface area contributed by atoms with Crippen molar-refractivity contribution in [1.29, 1.82) is 0 Å². The summed E-state index contributed by atoms with van der Waals surface area (Å²) >= 11 is 0. The molecule has 0 aliphatic carbocycles. The Morgan fingerprint density at radius 1 is 1.27 bits per heavy atom. The number of ether oxygens (including phenoxy) is 1. The highest BCUT2D eigenvalue weighted by molar-refractivity contribution is 6.15. The second kappa shape index (κ2) is 4.24. The van der Waals surface area contributed by atoms with E-state index in [0.29, 0.717) is 22.4 Å². The van der Waals surface area contributed by atoms with Crippen LogP contribution in [0.4, 0.5) is 10.1 Å². The van der Waals surface area contributed by atoms with Gasteiger partial charge in [-0.15, -0.1) is 0 Å². The molecule has 2 heterocycles. The minimum Gasteiger partial charge on any atom is -0.342 e. The molecule has 1 fully saturated rings. The molecule has 1 amide bonds. The van der Waals surface area contributed by atoms with Crippen molar-refractivity contribution in [2.45, 2.75) is 18.6 Å². The van der Waals surface area contributed by atoms with Gasteiger partial charge in [0.2, 0.25) is 5.60 Å². The van der Waals surface area contributed by atoms with E-state index >= 15 is 0 Å². The number of anilines is 1. The molecular formula is C17H12FNO3. The first-order chi connectivity index (χ1) is 10.5. The highest BCUT2D eigenvalue weighted by Crippen LogP contribution is 2.54. The molecule has 2 aromatic carbocycles. The number of amides is 1. The Morgan fingerprint density at radius 3 is 2.82 bits per heavy atom. The SMILES string of the molecule is Cc1cc(F)ccc1C(=O)[C@@H]1O[C@@]12C(=O)Nc1ccccc12. The Bertz CT molecular complexity index is 832. The lowest BCUT2D eigenvalue weighted by atomic mass is 9.91. The second-order valence-electron chi connectivity index (χ2n) is 5.56. The van der Waals surface area contributed by atoms with E-state index < -0.39 is 17.5 Å². The number of epoxide rings is 1. The second-order valence-corrected chi connectivity index (χ2v) is 5.56. The van der Waals surface area contributed by atoms with Gasteiger partial charge in [-0.1, -0.05) is 18.2 Å². The van der Waals surface area contributed by atoms with Crippen LogP contribution in [-0.4, -0.2) is 17.8 Å². The van der Waals surface area contributed by atoms with E-state index in [4.69, 9.17) is 4.74 Å². The van der Waals surface area contributed by atoms with Crippen LogP contribution in [0, 0.1) is 12.7 Å². The summed E-state index contributed by atoms with van der Waals surface area (Å²) in [5.41, 5.74) is 1.02. The summed E-state index contributed by atoms with van der Waals surface area (Å²) in [5.74, 6) is -1.03. The molecule has 1 saturated heterocycles. The summed E-state index contributed by atoms with van der Waals surface area (Å²) in [6.07, 6.45) is -0.861. The quantitative estimate of drug-likeness (QED) is 0.684. The van der Waals surface area contributed by atoms with Crippen molar-refractivity contribution in [1.82, 2.24) is 0 Å². The third kappa shape index (κ3) is 1.60. The van der Waals surface area contributed by atoms with Crippen LogP contribution in [0.5, 0.6) is 0 Å². The molecule has 1 spiro atoms. The molecule has 0 unspecified atom stereocenters. The number of Topliss-reactive ketones (excluding diaryl/α,β-unsaturated/α-hetero) is 1. The molecule has 0 saturated carbocycles. The predicted octanol–water partition coefficient (Wildman–Crippen LogP) is 2.56. The molecule has 2 aliphatic heterocycles. The van der Waals surface area contributed by atoms with Crippen LogP contribution in [-0.2, 0) is 15.1 Å². The van der Waals surface area contributed by atoms with Crippen molar-refractivity contribution in [3.05, 3.63) is 65.0 Å². The van der Waals surface area contributed by atoms with Gasteiger partial charge in [0.25, 0.3) is 5.91 Å². The third-order valence-electron chi connectivity index (χ3n) is 4.22. The minimum atomic E-state index is -1.23. The molecule has 5 heteroatoms. The van der Waals surface area contributed by atoms with Crippen LogP contribution < -0.4 is 5.32 Å². The van der Waals surface area contributed by atoms with Gasteiger partial charge in [-0.25, -0.2) is 4.39 Å². The van der Waals surface area contributed by atoms with Crippen molar-refractivity contribution < 1.29 is 18.7 Å². The first kappa shape index (κ1) is 13.2. The van der Waals surface area contributed by atoms with Crippen molar-refractivity contribution in [3.63, 3.8) is 0 Å². The van der Waals surface area contributed by atoms with Crippen LogP contribution >= 0.6 is 0 Å². The fourth-order valence-electron chi connectivity index (χ4n) is 3.07. The van der Waals surface area contributed by atoms with E-state index in [1.54, 1.807) is 25.1 Å². The summed E-state index contributed by atoms with van der Waals surface area (Å²) in [6.45, 7) is 1.66. The highest BCUT2D eigenvalue weighted by Gasteiger charge is 2.70. The van der Waals surface area contributed by atoms with Crippen molar-refractivity contribution in [2.75, 3.05) is 5.32 Å². The average molecular weight is 297 g/mol. The molecule has 1 N–H and O–H groups in total. The lowest BCUT2D eigenvalue weighted by Crippen LogP contribution is -2.27. The summed E-state index contributed by atoms with van der Waals surface area (Å²) in [4.78, 5) is 24.9. The first-order valence-corrected chi connectivity index (χ1v) is 6.93. The van der Waals surface area contributed by atoms with Gasteiger partial charge in [-0.05, 0) is 36.8 Å². The van der Waals surface area contributed by atoms with Gasteiger partial charge >= 0.3 is 0 Å². The molecule has 110 valence electrons. The molecule has 4 rings (SSSR count). The summed E-state index contributed by atoms with van der Waals surface area (Å²) < 4.78 is 18.7. The Balaban J connectivity index is 1.72. The Kier molecular flexibility index (Phi) is 2.53. The van der Waals surface area contributed by atoms with E-state index in [9.17, 15) is 14.0 Å². The molecule has 0 bridgehead atoms. The molecule has 2 aliphatic rings. The van der Waals surface area contributed by atoms with E-state index in [1.165, 1.54) is 18.2 Å². The standard InChI is InChI=1S/C17H12FNO3/c1-9-8-10(18)6-7-11(9)14(20)15-17(22-15)12-4-2-3-5-13(12)19-16(17)21/h2-8,15H,1H3,(H,19,21)/t15-,17+/m0/s1. The van der Waals surface area contributed by atoms with Crippen molar-refractivity contribution in [2.24, 2.45) is 0 Å². The third-order valence-corrected chi connectivity index (χ3v) is 4.22. The number of rotatable bonds is 2. The Hall–Kier alpha value is -2.53. The van der Waals surface area contributed by atoms with Gasteiger partial charge in [0.15, 0.2) is 11.9 Å². The Labute approximate surface area is 125 Å². The number of carbonyl (C=O) groups is 2. The smallest absolute Gasteiger partial charge is 0.264 e. The van der Waals surface area contributed by atoms with Gasteiger partial charge in [0.1, 0.15) is 5.82 Å². The number of halogens is 1. The maximum absolute atomic E-state index is 13.2. The molecule has 2 aromatic rings. The Morgan fingerprint density at radius 2 is 2.05 bits per heavy atom. The molecular weight excluding hydrogens is 285 g/mol. The molecule has 22 heavy (non-hydrogen) atoms. The number of hydrogen-bond donors (Lipinski definition) is 1. The molecule has 2 atom stereocenters. The number of carbonyl (C=O) groups excluding carboxylic acids is 2. The maximum atomic E-state index is 13.2. The topological polar surface area (TPSA) is 58.7 Å². The number of para-hydroxylation sites is 1. The highest BCUT2D eigenvalue weighted by atomic mass is 19.1. The van der Waals surface area contributed by atoms with Crippen LogP contribution in [0.2, 0.25) is 0 Å². The van der Waals surface area contributed by atoms with E-state index in [2.05, 4.69) is 5.32 Å². The number of nitrogens with one attached hydrogen (secondary N) is 1. The average Bonchev–Trinajstić information content (AvgIpc) is 3.17. The van der Waals surface area contributed by atoms with Gasteiger partial charge in [0, 0.05) is 16.8 Å². The minimum absolute atomic E-state index is 0.302. The molecule has 0 radical (unpaired) electrons. The van der Waals surface area contributed by atoms with Crippen LogP contribution in [0.25, 0.3) is 0 Å². The van der Waals surface area contributed by atoms with Crippen LogP contribution in [0.1, 0.15) is 21.5 Å². The van der Waals surface area contributed by atoms with Crippen molar-refractivity contribution >= 4 is 17.4 Å². The lowest BCUT2D eigenvalue weighted by molar-refractivity contribution is -0.120. The molecule has 0 aromatic heterocycles. The van der Waals surface area contributed by atoms with Crippen LogP contribution in [0.15, 0.2) is 42.5 Å². The summed E-state index contributed by atoms with van der Waals surface area (Å²) in [5, 5.41) is 2.73. The fraction of sp³-hybridized carbons (Fsp3) is 0.176. The maximum Gasteiger partial charge on any atom is 0.264 e. The van der Waals surface area contributed by atoms with E-state index in [0.717, 1.165) is 0 Å². The van der Waals surface area contributed by atoms with Gasteiger partial charge in [-0.3, -0.25) is 9.59 Å². The lowest BCUT2D eigenvalue weighted by Gasteiger charge is -2.05. The van der Waals surface area contributed by atoms with Crippen molar-refractivity contribution in [3.8, 4) is 0 Å². The normalized spacial score (nSPS) is 25.0. The largest absolute Gasteiger partial charge is 0.342 e. The first-order valence-electron chi connectivity index (χ1n) is 6.93. The number of benzene rings is 2. The summed E-state index contributed by atoms with van der Waals surface area (Å²) in [6, 6.07) is 11.1. The summed E-state index contributed by atoms with van der Waals surface area (Å²) in [7, 11) is 0. The zero-order valence-corrected chi connectivity index (χ0v) is 11.7. The van der Waals surface area contributed by atoms with Gasteiger partial charge in [0.05, 0.1) is 0 Å². The molecule has 4 nitrogen and oxygen atoms in total. The van der Waals surface area contributed by atoms with Gasteiger partial charge < -0.3 is 10.1 Å².